The van der Waals surface area contributed by atoms with E-state index in [1.54, 1.807) is 24.3 Å². The third kappa shape index (κ3) is 4.61. The minimum absolute atomic E-state index is 0.0519. The summed E-state index contributed by atoms with van der Waals surface area (Å²) in [5, 5.41) is 25.4. The first-order valence-electron chi connectivity index (χ1n) is 8.24. The zero-order valence-corrected chi connectivity index (χ0v) is 20.6. The van der Waals surface area contributed by atoms with Crippen LogP contribution < -0.4 is 0 Å². The highest BCUT2D eigenvalue weighted by atomic mass is 127. The zero-order valence-electron chi connectivity index (χ0n) is 14.8. The molecule has 6 nitrogen and oxygen atoms in total. The minimum atomic E-state index is -0.412. The highest BCUT2D eigenvalue weighted by molar-refractivity contribution is 14.1. The lowest BCUT2D eigenvalue weighted by Gasteiger charge is -2.03. The monoisotopic (exact) mass is 666 g/mol. The Hall–Kier alpha value is -1.76. The second-order valence-corrected chi connectivity index (χ2v) is 8.96. The average Bonchev–Trinajstić information content (AvgIpc) is 2.73. The molecule has 4 aromatic rings. The Bertz CT molecular complexity index is 1210. The Morgan fingerprint density at radius 1 is 0.633 bits per heavy atom. The number of halogens is 4. The molecule has 152 valence electrons. The molecule has 0 aliphatic rings. The summed E-state index contributed by atoms with van der Waals surface area (Å²) in [7, 11) is 0. The highest BCUT2D eigenvalue weighted by Crippen LogP contribution is 2.35. The second-order valence-electron chi connectivity index (χ2n) is 5.99. The minimum Gasteiger partial charge on any atom is -0.258 e. The van der Waals surface area contributed by atoms with Crippen LogP contribution >= 0.6 is 68.4 Å². The second kappa shape index (κ2) is 9.58. The number of nitro groups is 2. The number of nitrogens with zero attached hydrogens (tertiary/aromatic N) is 2. The Balaban J connectivity index is 0.000000171. The molecule has 4 rings (SSSR count). The van der Waals surface area contributed by atoms with Crippen LogP contribution in [0.2, 0.25) is 10.0 Å². The molecule has 0 aliphatic heterocycles. The van der Waals surface area contributed by atoms with Crippen molar-refractivity contribution in [2.75, 3.05) is 0 Å². The van der Waals surface area contributed by atoms with Crippen LogP contribution in [0, 0.1) is 27.4 Å². The lowest BCUT2D eigenvalue weighted by Crippen LogP contribution is -1.91. The highest BCUT2D eigenvalue weighted by Gasteiger charge is 2.17. The van der Waals surface area contributed by atoms with Gasteiger partial charge in [-0.2, -0.15) is 0 Å². The van der Waals surface area contributed by atoms with E-state index in [0.717, 1.165) is 17.9 Å². The molecule has 30 heavy (non-hydrogen) atoms. The van der Waals surface area contributed by atoms with Gasteiger partial charge in [0.05, 0.1) is 30.7 Å². The third-order valence-corrected chi connectivity index (χ3v) is 7.78. The van der Waals surface area contributed by atoms with E-state index in [0.29, 0.717) is 20.8 Å². The fraction of sp³-hybridized carbons (Fsp3) is 0. The van der Waals surface area contributed by atoms with Gasteiger partial charge in [0.15, 0.2) is 0 Å². The number of hydrogen-bond acceptors (Lipinski definition) is 4. The summed E-state index contributed by atoms with van der Waals surface area (Å²) in [5.41, 5.74) is 0.104. The lowest BCUT2D eigenvalue weighted by molar-refractivity contribution is -0.383. The molecule has 0 bridgehead atoms. The SMILES string of the molecule is O=[N+]([O-])c1cc(Cl)c(I)c2ccccc12.O=[N+]([O-])c1cc(Cl)c(I)c2ccccc12. The molecular formula is C20H10Cl2I2N2O4. The van der Waals surface area contributed by atoms with Gasteiger partial charge in [0.1, 0.15) is 0 Å². The van der Waals surface area contributed by atoms with E-state index in [4.69, 9.17) is 23.2 Å². The zero-order chi connectivity index (χ0) is 22.0. The molecular weight excluding hydrogens is 657 g/mol. The Kier molecular flexibility index (Phi) is 7.32. The summed E-state index contributed by atoms with van der Waals surface area (Å²) in [6.07, 6.45) is 0. The third-order valence-electron chi connectivity index (χ3n) is 4.22. The number of benzene rings is 4. The van der Waals surface area contributed by atoms with Crippen LogP contribution in [0.4, 0.5) is 11.4 Å². The van der Waals surface area contributed by atoms with E-state index in [1.807, 2.05) is 24.3 Å². The van der Waals surface area contributed by atoms with Crippen molar-refractivity contribution in [3.8, 4) is 0 Å². The topological polar surface area (TPSA) is 86.3 Å². The van der Waals surface area contributed by atoms with Gasteiger partial charge in [-0.15, -0.1) is 0 Å². The van der Waals surface area contributed by atoms with Crippen molar-refractivity contribution in [2.45, 2.75) is 0 Å². The van der Waals surface area contributed by atoms with Crippen LogP contribution in [0.25, 0.3) is 21.5 Å². The normalized spacial score (nSPS) is 10.5. The first-order valence-corrected chi connectivity index (χ1v) is 11.2. The molecule has 0 saturated carbocycles. The molecule has 0 aliphatic carbocycles. The van der Waals surface area contributed by atoms with Gasteiger partial charge < -0.3 is 0 Å². The molecule has 10 heteroatoms. The molecule has 0 N–H and O–H groups in total. The van der Waals surface area contributed by atoms with Crippen molar-refractivity contribution in [3.63, 3.8) is 0 Å². The van der Waals surface area contributed by atoms with Gasteiger partial charge in [0, 0.05) is 30.0 Å². The number of fused-ring (bicyclic) bond motifs is 2. The molecule has 0 spiro atoms. The van der Waals surface area contributed by atoms with E-state index in [9.17, 15) is 20.2 Å². The Morgan fingerprint density at radius 2 is 0.933 bits per heavy atom. The molecule has 0 unspecified atom stereocenters. The molecule has 0 saturated heterocycles. The Morgan fingerprint density at radius 3 is 1.23 bits per heavy atom. The van der Waals surface area contributed by atoms with Crippen LogP contribution in [-0.4, -0.2) is 9.85 Å². The van der Waals surface area contributed by atoms with E-state index in [1.165, 1.54) is 12.1 Å². The van der Waals surface area contributed by atoms with Crippen molar-refractivity contribution in [1.82, 2.24) is 0 Å². The maximum Gasteiger partial charge on any atom is 0.278 e. The molecule has 0 radical (unpaired) electrons. The Labute approximate surface area is 207 Å². The van der Waals surface area contributed by atoms with Crippen LogP contribution in [0.5, 0.6) is 0 Å². The van der Waals surface area contributed by atoms with Gasteiger partial charge in [-0.25, -0.2) is 0 Å². The summed E-state index contributed by atoms with van der Waals surface area (Å²) >= 11 is 16.0. The van der Waals surface area contributed by atoms with Gasteiger partial charge in [0.2, 0.25) is 0 Å². The van der Waals surface area contributed by atoms with E-state index < -0.39 is 9.85 Å². The number of rotatable bonds is 2. The summed E-state index contributed by atoms with van der Waals surface area (Å²) in [6.45, 7) is 0. The van der Waals surface area contributed by atoms with E-state index >= 15 is 0 Å². The largest absolute Gasteiger partial charge is 0.278 e. The van der Waals surface area contributed by atoms with Crippen LogP contribution in [0.15, 0.2) is 60.7 Å². The van der Waals surface area contributed by atoms with Gasteiger partial charge in [-0.05, 0) is 57.3 Å². The maximum absolute atomic E-state index is 10.8. The van der Waals surface area contributed by atoms with Gasteiger partial charge in [-0.1, -0.05) is 59.6 Å². The smallest absolute Gasteiger partial charge is 0.258 e. The first kappa shape index (κ1) is 22.9. The maximum atomic E-state index is 10.8. The average molecular weight is 667 g/mol. The fourth-order valence-electron chi connectivity index (χ4n) is 2.88. The molecule has 0 amide bonds. The van der Waals surface area contributed by atoms with Crippen LogP contribution in [-0.2, 0) is 0 Å². The first-order chi connectivity index (χ1) is 14.2. The summed E-state index contributed by atoms with van der Waals surface area (Å²) < 4.78 is 1.69. The molecule has 0 heterocycles. The summed E-state index contributed by atoms with van der Waals surface area (Å²) in [6, 6.07) is 17.1. The quantitative estimate of drug-likeness (QED) is 0.123. The van der Waals surface area contributed by atoms with Crippen LogP contribution in [0.1, 0.15) is 0 Å². The fourth-order valence-corrected chi connectivity index (χ4v) is 4.54. The van der Waals surface area contributed by atoms with E-state index in [2.05, 4.69) is 45.2 Å². The predicted molar refractivity (Wildman–Crippen MR) is 137 cm³/mol. The lowest BCUT2D eigenvalue weighted by atomic mass is 10.1. The van der Waals surface area contributed by atoms with Crippen molar-refractivity contribution in [1.29, 1.82) is 0 Å². The summed E-state index contributed by atoms with van der Waals surface area (Å²) in [5.74, 6) is 0. The van der Waals surface area contributed by atoms with E-state index in [-0.39, 0.29) is 11.4 Å². The molecule has 0 fully saturated rings. The van der Waals surface area contributed by atoms with Crippen molar-refractivity contribution >= 4 is 101 Å². The van der Waals surface area contributed by atoms with Gasteiger partial charge in [-0.3, -0.25) is 20.2 Å². The number of nitro benzene ring substituents is 2. The summed E-state index contributed by atoms with van der Waals surface area (Å²) in [4.78, 5) is 20.8. The molecule has 4 aromatic carbocycles. The molecule has 0 atom stereocenters. The van der Waals surface area contributed by atoms with Gasteiger partial charge >= 0.3 is 0 Å². The van der Waals surface area contributed by atoms with Crippen molar-refractivity contribution < 1.29 is 9.85 Å². The molecule has 0 aromatic heterocycles. The van der Waals surface area contributed by atoms with Crippen LogP contribution in [0.3, 0.4) is 0 Å². The number of non-ortho nitro benzene ring substituents is 2. The standard InChI is InChI=1S/2C10H5ClINO2/c2*11-8-5-9(13(14)15)6-3-1-2-4-7(6)10(8)12/h2*1-5H. The predicted octanol–water partition coefficient (Wildman–Crippen LogP) is 8.01. The van der Waals surface area contributed by atoms with Gasteiger partial charge in [0.25, 0.3) is 11.4 Å². The van der Waals surface area contributed by atoms with Crippen molar-refractivity contribution in [3.05, 3.63) is 98.1 Å². The number of hydrogen-bond donors (Lipinski definition) is 0. The van der Waals surface area contributed by atoms with Crippen molar-refractivity contribution in [2.24, 2.45) is 0 Å².